The first-order valence-corrected chi connectivity index (χ1v) is 7.33. The summed E-state index contributed by atoms with van der Waals surface area (Å²) in [6.07, 6.45) is 0. The van der Waals surface area contributed by atoms with Crippen LogP contribution in [0.1, 0.15) is 41.8 Å². The van der Waals surface area contributed by atoms with Crippen molar-refractivity contribution in [3.8, 4) is 0 Å². The third-order valence-corrected chi connectivity index (χ3v) is 3.78. The van der Waals surface area contributed by atoms with Crippen LogP contribution < -0.4 is 11.1 Å². The molecule has 1 aromatic heterocycles. The lowest BCUT2D eigenvalue weighted by Crippen LogP contribution is -2.12. The van der Waals surface area contributed by atoms with E-state index in [-0.39, 0.29) is 5.41 Å². The lowest BCUT2D eigenvalue weighted by molar-refractivity contribution is 0.100. The van der Waals surface area contributed by atoms with Gasteiger partial charge in [0.2, 0.25) is 5.91 Å². The number of benzene rings is 1. The van der Waals surface area contributed by atoms with Crippen LogP contribution in [0.3, 0.4) is 0 Å². The molecule has 0 saturated carbocycles. The minimum Gasteiger partial charge on any atom is -0.379 e. The molecule has 0 bridgehead atoms. The van der Waals surface area contributed by atoms with Crippen molar-refractivity contribution in [2.75, 3.05) is 5.32 Å². The number of thiazole rings is 1. The molecule has 3 N–H and O–H groups in total. The molecule has 2 aromatic rings. The number of anilines is 1. The van der Waals surface area contributed by atoms with E-state index in [4.69, 9.17) is 5.73 Å². The number of nitrogens with zero attached hydrogens (tertiary/aromatic N) is 1. The van der Waals surface area contributed by atoms with Crippen molar-refractivity contribution >= 4 is 22.9 Å². The lowest BCUT2D eigenvalue weighted by Gasteiger charge is -2.14. The van der Waals surface area contributed by atoms with Gasteiger partial charge in [0.25, 0.3) is 0 Å². The lowest BCUT2D eigenvalue weighted by atomic mass is 9.93. The minimum atomic E-state index is -0.411. The fraction of sp³-hybridized carbons (Fsp3) is 0.333. The highest BCUT2D eigenvalue weighted by molar-refractivity contribution is 7.09. The first-order valence-electron chi connectivity index (χ1n) is 6.45. The van der Waals surface area contributed by atoms with Crippen LogP contribution in [-0.2, 0) is 12.0 Å². The molecule has 2 rings (SSSR count). The number of primary amides is 1. The summed E-state index contributed by atoms with van der Waals surface area (Å²) in [7, 11) is 0. The van der Waals surface area contributed by atoms with Crippen LogP contribution in [0.15, 0.2) is 29.6 Å². The predicted molar refractivity (Wildman–Crippen MR) is 83.1 cm³/mol. The van der Waals surface area contributed by atoms with Gasteiger partial charge in [0.1, 0.15) is 5.01 Å². The van der Waals surface area contributed by atoms with Crippen molar-refractivity contribution in [3.05, 3.63) is 45.9 Å². The molecule has 0 aliphatic carbocycles. The van der Waals surface area contributed by atoms with Crippen molar-refractivity contribution in [2.24, 2.45) is 5.73 Å². The Bertz CT molecular complexity index is 596. The molecule has 0 fully saturated rings. The van der Waals surface area contributed by atoms with Crippen LogP contribution in [-0.4, -0.2) is 10.9 Å². The van der Waals surface area contributed by atoms with Crippen LogP contribution in [0.25, 0.3) is 0 Å². The van der Waals surface area contributed by atoms with Crippen molar-refractivity contribution in [1.29, 1.82) is 0 Å². The predicted octanol–water partition coefficient (Wildman–Crippen LogP) is 3.15. The average Bonchev–Trinajstić information content (AvgIpc) is 2.85. The van der Waals surface area contributed by atoms with Gasteiger partial charge in [-0.1, -0.05) is 20.8 Å². The topological polar surface area (TPSA) is 68.0 Å². The summed E-state index contributed by atoms with van der Waals surface area (Å²) in [5.74, 6) is -0.411. The summed E-state index contributed by atoms with van der Waals surface area (Å²) in [6, 6.07) is 7.12. The molecule has 1 aromatic carbocycles. The fourth-order valence-electron chi connectivity index (χ4n) is 1.67. The van der Waals surface area contributed by atoms with Crippen LogP contribution in [0.5, 0.6) is 0 Å². The number of rotatable bonds is 4. The highest BCUT2D eigenvalue weighted by Gasteiger charge is 2.17. The summed E-state index contributed by atoms with van der Waals surface area (Å²) >= 11 is 1.66. The summed E-state index contributed by atoms with van der Waals surface area (Å²) in [4.78, 5) is 15.6. The SMILES string of the molecule is CC(C)(C)c1csc(CNc2ccc(C(N)=O)cc2)n1. The van der Waals surface area contributed by atoms with Gasteiger partial charge in [-0.25, -0.2) is 4.98 Å². The van der Waals surface area contributed by atoms with Gasteiger partial charge in [-0.15, -0.1) is 11.3 Å². The zero-order chi connectivity index (χ0) is 14.8. The Labute approximate surface area is 123 Å². The van der Waals surface area contributed by atoms with Crippen LogP contribution in [0, 0.1) is 0 Å². The Hall–Kier alpha value is -1.88. The molecule has 0 spiro atoms. The van der Waals surface area contributed by atoms with E-state index in [1.54, 1.807) is 23.5 Å². The van der Waals surface area contributed by atoms with E-state index >= 15 is 0 Å². The normalized spacial score (nSPS) is 11.3. The third-order valence-electron chi connectivity index (χ3n) is 2.93. The molecule has 0 aliphatic rings. The molecule has 0 aliphatic heterocycles. The molecular weight excluding hydrogens is 270 g/mol. The average molecular weight is 289 g/mol. The van der Waals surface area contributed by atoms with Gasteiger partial charge >= 0.3 is 0 Å². The van der Waals surface area contributed by atoms with Gasteiger partial charge in [-0.2, -0.15) is 0 Å². The van der Waals surface area contributed by atoms with E-state index < -0.39 is 5.91 Å². The van der Waals surface area contributed by atoms with E-state index in [1.807, 2.05) is 12.1 Å². The monoisotopic (exact) mass is 289 g/mol. The molecular formula is C15H19N3OS. The Morgan fingerprint density at radius 1 is 1.30 bits per heavy atom. The summed E-state index contributed by atoms with van der Waals surface area (Å²) in [5, 5.41) is 6.44. The zero-order valence-corrected chi connectivity index (χ0v) is 12.8. The number of amides is 1. The Balaban J connectivity index is 1.98. The minimum absolute atomic E-state index is 0.0812. The van der Waals surface area contributed by atoms with E-state index in [0.717, 1.165) is 16.4 Å². The Morgan fingerprint density at radius 2 is 1.95 bits per heavy atom. The number of aromatic nitrogens is 1. The van der Waals surface area contributed by atoms with E-state index in [1.165, 1.54) is 0 Å². The standard InChI is InChI=1S/C15H19N3OS/c1-15(2,3)12-9-20-13(18-12)8-17-11-6-4-10(5-7-11)14(16)19/h4-7,9,17H,8H2,1-3H3,(H2,16,19). The number of nitrogens with one attached hydrogen (secondary N) is 1. The second kappa shape index (κ2) is 5.63. The maximum Gasteiger partial charge on any atom is 0.248 e. The van der Waals surface area contributed by atoms with Gasteiger partial charge in [-0.05, 0) is 24.3 Å². The number of hydrogen-bond acceptors (Lipinski definition) is 4. The summed E-state index contributed by atoms with van der Waals surface area (Å²) in [6.45, 7) is 7.14. The molecule has 1 amide bonds. The van der Waals surface area contributed by atoms with Crippen molar-refractivity contribution in [3.63, 3.8) is 0 Å². The zero-order valence-electron chi connectivity index (χ0n) is 11.9. The molecule has 0 atom stereocenters. The van der Waals surface area contributed by atoms with Crippen LogP contribution in [0.4, 0.5) is 5.69 Å². The second-order valence-electron chi connectivity index (χ2n) is 5.67. The number of nitrogens with two attached hydrogens (primary N) is 1. The largest absolute Gasteiger partial charge is 0.379 e. The molecule has 0 saturated heterocycles. The van der Waals surface area contributed by atoms with Gasteiger partial charge in [0.15, 0.2) is 0 Å². The van der Waals surface area contributed by atoms with Crippen molar-refractivity contribution < 1.29 is 4.79 Å². The van der Waals surface area contributed by atoms with Crippen molar-refractivity contribution in [1.82, 2.24) is 4.98 Å². The molecule has 0 unspecified atom stereocenters. The molecule has 5 heteroatoms. The van der Waals surface area contributed by atoms with Crippen LogP contribution >= 0.6 is 11.3 Å². The molecule has 20 heavy (non-hydrogen) atoms. The maximum atomic E-state index is 11.0. The number of hydrogen-bond donors (Lipinski definition) is 2. The summed E-state index contributed by atoms with van der Waals surface area (Å²) in [5.41, 5.74) is 7.86. The molecule has 1 heterocycles. The molecule has 106 valence electrons. The number of carbonyl (C=O) groups excluding carboxylic acids is 1. The van der Waals surface area contributed by atoms with Gasteiger partial charge in [0.05, 0.1) is 12.2 Å². The maximum absolute atomic E-state index is 11.0. The van der Waals surface area contributed by atoms with E-state index in [2.05, 4.69) is 36.5 Å². The fourth-order valence-corrected chi connectivity index (χ4v) is 2.63. The van der Waals surface area contributed by atoms with E-state index in [9.17, 15) is 4.79 Å². The van der Waals surface area contributed by atoms with Gasteiger partial charge in [-0.3, -0.25) is 4.79 Å². The second-order valence-corrected chi connectivity index (χ2v) is 6.61. The third kappa shape index (κ3) is 3.57. The van der Waals surface area contributed by atoms with E-state index in [0.29, 0.717) is 12.1 Å². The highest BCUT2D eigenvalue weighted by atomic mass is 32.1. The van der Waals surface area contributed by atoms with Gasteiger partial charge < -0.3 is 11.1 Å². The smallest absolute Gasteiger partial charge is 0.248 e. The quantitative estimate of drug-likeness (QED) is 0.908. The Morgan fingerprint density at radius 3 is 2.45 bits per heavy atom. The van der Waals surface area contributed by atoms with Crippen LogP contribution in [0.2, 0.25) is 0 Å². The molecule has 0 radical (unpaired) electrons. The first kappa shape index (κ1) is 14.5. The van der Waals surface area contributed by atoms with Gasteiger partial charge in [0, 0.05) is 22.0 Å². The van der Waals surface area contributed by atoms with Crippen molar-refractivity contribution in [2.45, 2.75) is 32.7 Å². The number of carbonyl (C=O) groups is 1. The molecule has 4 nitrogen and oxygen atoms in total. The Kier molecular flexibility index (Phi) is 4.09. The highest BCUT2D eigenvalue weighted by Crippen LogP contribution is 2.24. The first-order chi connectivity index (χ1) is 9.36. The summed E-state index contributed by atoms with van der Waals surface area (Å²) < 4.78 is 0.